The van der Waals surface area contributed by atoms with E-state index in [-0.39, 0.29) is 0 Å². The summed E-state index contributed by atoms with van der Waals surface area (Å²) in [5.74, 6) is 11.5. The zero-order valence-electron chi connectivity index (χ0n) is 19.3. The number of carbonyl (C=O) groups is 1. The van der Waals surface area contributed by atoms with Crippen LogP contribution in [0.2, 0.25) is 0 Å². The Hall–Kier alpha value is -3.53. The summed E-state index contributed by atoms with van der Waals surface area (Å²) in [4.78, 5) is 17.6. The highest BCUT2D eigenvalue weighted by Gasteiger charge is 2.21. The molecule has 0 saturated carbocycles. The average Bonchev–Trinajstić information content (AvgIpc) is 2.85. The second kappa shape index (κ2) is 13.8. The van der Waals surface area contributed by atoms with Crippen molar-refractivity contribution in [1.29, 1.82) is 0 Å². The largest absolute Gasteiger partial charge is 0.630 e. The highest BCUT2D eigenvalue weighted by atomic mass is 16.7. The van der Waals surface area contributed by atoms with Gasteiger partial charge < -0.3 is 0 Å². The molecule has 0 unspecified atom stereocenters. The first-order valence-corrected chi connectivity index (χ1v) is 11.8. The number of benzene rings is 3. The summed E-state index contributed by atoms with van der Waals surface area (Å²) < 4.78 is 0. The molecule has 0 aliphatic rings. The molecule has 0 aliphatic heterocycles. The molecule has 0 heterocycles. The number of nitrogens with one attached hydrogen (secondary N) is 1. The first kappa shape index (κ1) is 24.1. The van der Waals surface area contributed by atoms with Gasteiger partial charge in [0.1, 0.15) is 5.56 Å². The van der Waals surface area contributed by atoms with E-state index < -0.39 is 5.97 Å². The Morgan fingerprint density at radius 1 is 0.848 bits per heavy atom. The van der Waals surface area contributed by atoms with Gasteiger partial charge in [-0.15, -0.1) is 0 Å². The van der Waals surface area contributed by atoms with Crippen molar-refractivity contribution in [3.63, 3.8) is 0 Å². The Labute approximate surface area is 197 Å². The molecule has 3 aromatic carbocycles. The van der Waals surface area contributed by atoms with E-state index in [9.17, 15) is 4.79 Å². The summed E-state index contributed by atoms with van der Waals surface area (Å²) in [6.07, 6.45) is 8.52. The van der Waals surface area contributed by atoms with Crippen LogP contribution in [0.4, 0.5) is 0 Å². The predicted octanol–water partition coefficient (Wildman–Crippen LogP) is 6.81. The Bertz CT molecular complexity index is 1150. The summed E-state index contributed by atoms with van der Waals surface area (Å²) in [7, 11) is 0. The van der Waals surface area contributed by atoms with Crippen molar-refractivity contribution in [3.05, 3.63) is 83.4 Å². The van der Waals surface area contributed by atoms with Gasteiger partial charge in [-0.1, -0.05) is 93.3 Å². The van der Waals surface area contributed by atoms with Gasteiger partial charge in [0.15, 0.2) is 0 Å². The van der Waals surface area contributed by atoms with Crippen molar-refractivity contribution in [1.82, 2.24) is 5.48 Å². The minimum absolute atomic E-state index is 0.423. The molecule has 0 aromatic heterocycles. The molecule has 1 N–H and O–H groups in total. The molecule has 3 heteroatoms. The van der Waals surface area contributed by atoms with Crippen LogP contribution in [0.1, 0.15) is 73.4 Å². The number of carbonyl (C=O) groups excluding carboxylic acids is 1. The standard InChI is InChI=1S/C30H31NO2/c1-2-3-4-5-6-7-8-9-10-11-15-25-20-22-27(23-21-25)30(32)33-31-24-28-18-14-17-26-16-12-13-19-29(26)28/h12-14,16-23,31H,2-8,24H2,1H3/q+1. The van der Waals surface area contributed by atoms with Gasteiger partial charge in [-0.2, -0.15) is 4.84 Å². The van der Waals surface area contributed by atoms with Crippen LogP contribution >= 0.6 is 0 Å². The third kappa shape index (κ3) is 8.15. The van der Waals surface area contributed by atoms with Gasteiger partial charge in [-0.25, -0.2) is 0 Å². The fraction of sp³-hybridized carbons (Fsp3) is 0.300. The van der Waals surface area contributed by atoms with Crippen molar-refractivity contribution >= 4 is 16.7 Å². The molecule has 0 bridgehead atoms. The lowest BCUT2D eigenvalue weighted by atomic mass is 10.1. The Morgan fingerprint density at radius 3 is 2.45 bits per heavy atom. The first-order chi connectivity index (χ1) is 16.3. The third-order valence-corrected chi connectivity index (χ3v) is 5.44. The van der Waals surface area contributed by atoms with Crippen LogP contribution in [-0.2, 0) is 11.4 Å². The SMILES string of the molecule is CCCCCCCCC#CC#Cc1ccc(C(=[O+])ONCc2cccc3ccccc23)cc1. The number of unbranched alkanes of at least 4 members (excludes halogenated alkanes) is 6. The number of hydroxylamine groups is 1. The van der Waals surface area contributed by atoms with Crippen LogP contribution in [0.25, 0.3) is 10.8 Å². The first-order valence-electron chi connectivity index (χ1n) is 11.8. The summed E-state index contributed by atoms with van der Waals surface area (Å²) in [6, 6.07) is 21.3. The maximum Gasteiger partial charge on any atom is 0.630 e. The number of fused-ring (bicyclic) bond motifs is 1. The quantitative estimate of drug-likeness (QED) is 0.164. The lowest BCUT2D eigenvalue weighted by Crippen LogP contribution is -2.19. The van der Waals surface area contributed by atoms with Gasteiger partial charge in [0.05, 0.1) is 11.3 Å². The molecule has 0 atom stereocenters. The van der Waals surface area contributed by atoms with Gasteiger partial charge in [0.25, 0.3) is 0 Å². The number of rotatable bonds is 10. The highest BCUT2D eigenvalue weighted by Crippen LogP contribution is 2.18. The van der Waals surface area contributed by atoms with Crippen LogP contribution in [0.3, 0.4) is 0 Å². The van der Waals surface area contributed by atoms with E-state index in [2.05, 4.69) is 54.3 Å². The van der Waals surface area contributed by atoms with E-state index >= 15 is 0 Å². The van der Waals surface area contributed by atoms with E-state index in [1.54, 1.807) is 12.1 Å². The topological polar surface area (TPSA) is 41.2 Å². The lowest BCUT2D eigenvalue weighted by molar-refractivity contribution is 0.0238. The molecule has 0 amide bonds. The van der Waals surface area contributed by atoms with E-state index in [1.165, 1.54) is 32.1 Å². The van der Waals surface area contributed by atoms with Crippen molar-refractivity contribution < 1.29 is 9.63 Å². The molecule has 3 rings (SSSR count). The summed E-state index contributed by atoms with van der Waals surface area (Å²) in [6.45, 7) is 2.67. The minimum Gasteiger partial charge on any atom is -0.195 e. The van der Waals surface area contributed by atoms with E-state index in [0.29, 0.717) is 12.1 Å². The molecular weight excluding hydrogens is 406 g/mol. The van der Waals surface area contributed by atoms with Gasteiger partial charge in [-0.05, 0) is 64.3 Å². The predicted molar refractivity (Wildman–Crippen MR) is 135 cm³/mol. The van der Waals surface area contributed by atoms with Gasteiger partial charge >= 0.3 is 5.97 Å². The maximum atomic E-state index is 12.3. The zero-order valence-corrected chi connectivity index (χ0v) is 19.3. The van der Waals surface area contributed by atoms with Crippen molar-refractivity contribution in [2.75, 3.05) is 0 Å². The molecule has 0 fully saturated rings. The molecule has 3 nitrogen and oxygen atoms in total. The second-order valence-corrected chi connectivity index (χ2v) is 8.00. The molecule has 33 heavy (non-hydrogen) atoms. The Balaban J connectivity index is 1.41. The second-order valence-electron chi connectivity index (χ2n) is 8.00. The normalized spacial score (nSPS) is 10.1. The fourth-order valence-corrected chi connectivity index (χ4v) is 3.58. The Kier molecular flexibility index (Phi) is 10.1. The van der Waals surface area contributed by atoms with E-state index in [1.807, 2.05) is 36.4 Å². The molecule has 3 aromatic rings. The molecule has 167 valence electrons. The molecular formula is C30H31NO2+. The number of hydrogen-bond acceptors (Lipinski definition) is 3. The van der Waals surface area contributed by atoms with Crippen molar-refractivity contribution in [2.24, 2.45) is 0 Å². The van der Waals surface area contributed by atoms with Crippen LogP contribution < -0.4 is 5.48 Å². The maximum absolute atomic E-state index is 12.3. The summed E-state index contributed by atoms with van der Waals surface area (Å²) in [5.41, 5.74) is 5.15. The van der Waals surface area contributed by atoms with Gasteiger partial charge in [0.2, 0.25) is 0 Å². The van der Waals surface area contributed by atoms with Gasteiger partial charge in [0, 0.05) is 12.0 Å². The van der Waals surface area contributed by atoms with E-state index in [4.69, 9.17) is 4.84 Å². The lowest BCUT2D eigenvalue weighted by Gasteiger charge is -2.04. The van der Waals surface area contributed by atoms with Crippen LogP contribution in [0, 0.1) is 23.7 Å². The van der Waals surface area contributed by atoms with Gasteiger partial charge in [-0.3, -0.25) is 0 Å². The van der Waals surface area contributed by atoms with Crippen LogP contribution in [0.5, 0.6) is 0 Å². The average molecular weight is 438 g/mol. The van der Waals surface area contributed by atoms with Crippen molar-refractivity contribution in [2.45, 2.75) is 58.4 Å². The molecule has 0 saturated heterocycles. The molecule has 0 spiro atoms. The minimum atomic E-state index is -0.423. The highest BCUT2D eigenvalue weighted by molar-refractivity contribution is 5.89. The zero-order chi connectivity index (χ0) is 23.1. The Morgan fingerprint density at radius 2 is 1.61 bits per heavy atom. The smallest absolute Gasteiger partial charge is 0.195 e. The summed E-state index contributed by atoms with van der Waals surface area (Å²) >= 11 is 0. The summed E-state index contributed by atoms with van der Waals surface area (Å²) in [5, 5.41) is 2.30. The van der Waals surface area contributed by atoms with E-state index in [0.717, 1.165) is 34.7 Å². The third-order valence-electron chi connectivity index (χ3n) is 5.44. The molecule has 1 radical (unpaired) electrons. The van der Waals surface area contributed by atoms with Crippen LogP contribution in [-0.4, -0.2) is 5.97 Å². The number of hydrogen-bond donors (Lipinski definition) is 1. The fourth-order valence-electron chi connectivity index (χ4n) is 3.58. The monoisotopic (exact) mass is 437 g/mol. The van der Waals surface area contributed by atoms with Crippen LogP contribution in [0.15, 0.2) is 66.7 Å². The molecule has 0 aliphatic carbocycles. The van der Waals surface area contributed by atoms with Crippen molar-refractivity contribution in [3.8, 4) is 23.7 Å².